The Morgan fingerprint density at radius 2 is 1.83 bits per heavy atom. The maximum atomic E-state index is 12.6. The van der Waals surface area contributed by atoms with Crippen LogP contribution in [0.2, 0.25) is 0 Å². The highest BCUT2D eigenvalue weighted by atomic mass is 32.2. The van der Waals surface area contributed by atoms with E-state index >= 15 is 0 Å². The molecule has 1 amide bonds. The third-order valence-corrected chi connectivity index (χ3v) is 6.86. The molecule has 1 fully saturated rings. The molecule has 0 aliphatic heterocycles. The number of amides is 1. The maximum absolute atomic E-state index is 12.6. The van der Waals surface area contributed by atoms with Crippen LogP contribution in [0.1, 0.15) is 54.4 Å². The second kappa shape index (κ2) is 9.52. The number of nitrogens with one attached hydrogen (secondary N) is 1. The van der Waals surface area contributed by atoms with Crippen LogP contribution in [0.5, 0.6) is 0 Å². The van der Waals surface area contributed by atoms with E-state index in [1.165, 1.54) is 24.2 Å². The van der Waals surface area contributed by atoms with Gasteiger partial charge in [-0.1, -0.05) is 38.0 Å². The van der Waals surface area contributed by atoms with Gasteiger partial charge in [-0.2, -0.15) is 0 Å². The molecule has 1 heterocycles. The Kier molecular flexibility index (Phi) is 6.58. The molecular weight excluding hydrogens is 392 g/mol. The van der Waals surface area contributed by atoms with Crippen molar-refractivity contribution in [2.45, 2.75) is 56.2 Å². The smallest absolute Gasteiger partial charge is 0.251 e. The first kappa shape index (κ1) is 20.7. The summed E-state index contributed by atoms with van der Waals surface area (Å²) in [5.74, 6) is 2.75. The number of benzene rings is 2. The lowest BCUT2D eigenvalue weighted by Crippen LogP contribution is -2.41. The largest absolute Gasteiger partial charge is 0.441 e. The van der Waals surface area contributed by atoms with Crippen molar-refractivity contribution in [2.75, 3.05) is 0 Å². The zero-order chi connectivity index (χ0) is 20.9. The average Bonchev–Trinajstić information content (AvgIpc) is 3.15. The zero-order valence-corrected chi connectivity index (χ0v) is 18.4. The molecule has 5 heteroatoms. The molecule has 0 saturated heterocycles. The minimum atomic E-state index is 0.00355. The highest BCUT2D eigenvalue weighted by molar-refractivity contribution is 7.98. The van der Waals surface area contributed by atoms with Gasteiger partial charge in [0, 0.05) is 27.8 Å². The Morgan fingerprint density at radius 3 is 2.57 bits per heavy atom. The predicted octanol–water partition coefficient (Wildman–Crippen LogP) is 6.25. The standard InChI is InChI=1S/C25H28N2O2S/c1-17-8-6-7-11-22(17)26-24(28)19-12-14-20(15-13-19)25-27-23(18(2)29-25)16-30-21-9-4-3-5-10-21/h3-5,9-10,12-15,17,22H,6-8,11,16H2,1-2H3,(H,26,28)/t17-,22-/m1/s1. The van der Waals surface area contributed by atoms with Crippen LogP contribution in [0.15, 0.2) is 63.9 Å². The fraction of sp³-hybridized carbons (Fsp3) is 0.360. The quantitative estimate of drug-likeness (QED) is 0.479. The van der Waals surface area contributed by atoms with Crippen molar-refractivity contribution in [3.63, 3.8) is 0 Å². The Hall–Kier alpha value is -2.53. The van der Waals surface area contributed by atoms with Gasteiger partial charge in [-0.25, -0.2) is 4.98 Å². The summed E-state index contributed by atoms with van der Waals surface area (Å²) in [6.45, 7) is 4.18. The lowest BCUT2D eigenvalue weighted by Gasteiger charge is -2.29. The number of aryl methyl sites for hydroxylation is 1. The number of rotatable bonds is 6. The molecule has 4 rings (SSSR count). The van der Waals surface area contributed by atoms with Gasteiger partial charge >= 0.3 is 0 Å². The number of carbonyl (C=O) groups excluding carboxylic acids is 1. The summed E-state index contributed by atoms with van der Waals surface area (Å²) in [4.78, 5) is 18.5. The summed E-state index contributed by atoms with van der Waals surface area (Å²) in [6.07, 6.45) is 4.73. The van der Waals surface area contributed by atoms with E-state index in [4.69, 9.17) is 4.42 Å². The van der Waals surface area contributed by atoms with E-state index in [0.717, 1.165) is 29.2 Å². The molecule has 1 N–H and O–H groups in total. The molecule has 0 bridgehead atoms. The number of carbonyl (C=O) groups is 1. The SMILES string of the molecule is Cc1oc(-c2ccc(C(=O)N[C@@H]3CCCC[C@H]3C)cc2)nc1CSc1ccccc1. The Bertz CT molecular complexity index is 982. The van der Waals surface area contributed by atoms with Crippen molar-refractivity contribution in [3.05, 3.63) is 71.6 Å². The van der Waals surface area contributed by atoms with E-state index in [0.29, 0.717) is 17.4 Å². The third kappa shape index (κ3) is 4.96. The molecular formula is C25H28N2O2S. The number of hydrogen-bond acceptors (Lipinski definition) is 4. The molecule has 4 nitrogen and oxygen atoms in total. The molecule has 1 saturated carbocycles. The van der Waals surface area contributed by atoms with Crippen molar-refractivity contribution >= 4 is 17.7 Å². The lowest BCUT2D eigenvalue weighted by atomic mass is 9.86. The second-order valence-electron chi connectivity index (χ2n) is 8.04. The van der Waals surface area contributed by atoms with Gasteiger partial charge in [0.1, 0.15) is 5.76 Å². The van der Waals surface area contributed by atoms with Crippen molar-refractivity contribution in [1.82, 2.24) is 10.3 Å². The molecule has 3 aromatic rings. The number of thioether (sulfide) groups is 1. The molecule has 1 aliphatic rings. The van der Waals surface area contributed by atoms with Crippen LogP contribution in [0.25, 0.3) is 11.5 Å². The Morgan fingerprint density at radius 1 is 1.10 bits per heavy atom. The number of aromatic nitrogens is 1. The van der Waals surface area contributed by atoms with Gasteiger partial charge in [-0.3, -0.25) is 4.79 Å². The summed E-state index contributed by atoms with van der Waals surface area (Å²) in [5.41, 5.74) is 2.52. The summed E-state index contributed by atoms with van der Waals surface area (Å²) >= 11 is 1.74. The summed E-state index contributed by atoms with van der Waals surface area (Å²) < 4.78 is 5.90. The lowest BCUT2D eigenvalue weighted by molar-refractivity contribution is 0.0910. The van der Waals surface area contributed by atoms with Gasteiger partial charge in [-0.15, -0.1) is 11.8 Å². The number of oxazole rings is 1. The van der Waals surface area contributed by atoms with E-state index in [1.807, 2.05) is 49.4 Å². The highest BCUT2D eigenvalue weighted by Gasteiger charge is 2.23. The van der Waals surface area contributed by atoms with Crippen LogP contribution in [0.4, 0.5) is 0 Å². The molecule has 1 aliphatic carbocycles. The van der Waals surface area contributed by atoms with E-state index in [2.05, 4.69) is 29.4 Å². The van der Waals surface area contributed by atoms with Crippen LogP contribution in [0, 0.1) is 12.8 Å². The molecule has 2 atom stereocenters. The minimum absolute atomic E-state index is 0.00355. The summed E-state index contributed by atoms with van der Waals surface area (Å²) in [6, 6.07) is 18.1. The first-order chi connectivity index (χ1) is 14.6. The maximum Gasteiger partial charge on any atom is 0.251 e. The minimum Gasteiger partial charge on any atom is -0.441 e. The zero-order valence-electron chi connectivity index (χ0n) is 17.6. The van der Waals surface area contributed by atoms with Crippen LogP contribution < -0.4 is 5.32 Å². The van der Waals surface area contributed by atoms with E-state index in [9.17, 15) is 4.79 Å². The van der Waals surface area contributed by atoms with Gasteiger partial charge in [0.25, 0.3) is 5.91 Å². The monoisotopic (exact) mass is 420 g/mol. The fourth-order valence-corrected chi connectivity index (χ4v) is 4.82. The van der Waals surface area contributed by atoms with Crippen LogP contribution in [-0.4, -0.2) is 16.9 Å². The first-order valence-electron chi connectivity index (χ1n) is 10.7. The Labute approximate surface area is 182 Å². The molecule has 0 unspecified atom stereocenters. The van der Waals surface area contributed by atoms with Crippen molar-refractivity contribution < 1.29 is 9.21 Å². The molecule has 0 spiro atoms. The van der Waals surface area contributed by atoms with Crippen molar-refractivity contribution in [1.29, 1.82) is 0 Å². The van der Waals surface area contributed by atoms with Gasteiger partial charge < -0.3 is 9.73 Å². The van der Waals surface area contributed by atoms with Gasteiger partial charge in [0.15, 0.2) is 0 Å². The summed E-state index contributed by atoms with van der Waals surface area (Å²) in [7, 11) is 0. The predicted molar refractivity (Wildman–Crippen MR) is 122 cm³/mol. The second-order valence-corrected chi connectivity index (χ2v) is 9.09. The molecule has 0 radical (unpaired) electrons. The van der Waals surface area contributed by atoms with Gasteiger partial charge in [0.2, 0.25) is 5.89 Å². The van der Waals surface area contributed by atoms with Crippen LogP contribution in [0.3, 0.4) is 0 Å². The summed E-state index contributed by atoms with van der Waals surface area (Å²) in [5, 5.41) is 3.21. The van der Waals surface area contributed by atoms with Gasteiger partial charge in [-0.05, 0) is 62.1 Å². The van der Waals surface area contributed by atoms with E-state index in [-0.39, 0.29) is 11.9 Å². The molecule has 30 heavy (non-hydrogen) atoms. The number of nitrogens with zero attached hydrogens (tertiary/aromatic N) is 1. The van der Waals surface area contributed by atoms with Crippen LogP contribution >= 0.6 is 11.8 Å². The Balaban J connectivity index is 1.40. The average molecular weight is 421 g/mol. The highest BCUT2D eigenvalue weighted by Crippen LogP contribution is 2.28. The normalized spacial score (nSPS) is 18.9. The topological polar surface area (TPSA) is 55.1 Å². The van der Waals surface area contributed by atoms with Crippen molar-refractivity contribution in [3.8, 4) is 11.5 Å². The molecule has 156 valence electrons. The van der Waals surface area contributed by atoms with Crippen LogP contribution in [-0.2, 0) is 5.75 Å². The first-order valence-corrected chi connectivity index (χ1v) is 11.6. The van der Waals surface area contributed by atoms with Gasteiger partial charge in [0.05, 0.1) is 5.69 Å². The van der Waals surface area contributed by atoms with Crippen molar-refractivity contribution in [2.24, 2.45) is 5.92 Å². The van der Waals surface area contributed by atoms with E-state index in [1.54, 1.807) is 11.8 Å². The third-order valence-electron chi connectivity index (χ3n) is 5.83. The molecule has 2 aromatic carbocycles. The number of hydrogen-bond donors (Lipinski definition) is 1. The fourth-order valence-electron chi connectivity index (χ4n) is 3.90. The molecule has 1 aromatic heterocycles. The van der Waals surface area contributed by atoms with E-state index < -0.39 is 0 Å².